The van der Waals surface area contributed by atoms with Crippen molar-refractivity contribution >= 4 is 57.9 Å². The number of carbonyl (C=O) groups is 3. The summed E-state index contributed by atoms with van der Waals surface area (Å²) >= 11 is 6.35. The van der Waals surface area contributed by atoms with E-state index in [-0.39, 0.29) is 16.8 Å². The van der Waals surface area contributed by atoms with Gasteiger partial charge in [0.25, 0.3) is 0 Å². The number of imide groups is 1. The second kappa shape index (κ2) is 10.7. The van der Waals surface area contributed by atoms with Crippen LogP contribution in [0.5, 0.6) is 5.75 Å². The minimum atomic E-state index is -1.02. The number of benzene rings is 2. The predicted molar refractivity (Wildman–Crippen MR) is 172 cm³/mol. The number of ether oxygens (including phenoxy) is 3. The van der Waals surface area contributed by atoms with E-state index in [0.29, 0.717) is 51.8 Å². The van der Waals surface area contributed by atoms with Crippen LogP contribution in [0.2, 0.25) is 5.02 Å². The van der Waals surface area contributed by atoms with Crippen molar-refractivity contribution in [2.24, 2.45) is 0 Å². The molecule has 46 heavy (non-hydrogen) atoms. The largest absolute Gasteiger partial charge is 0.497 e. The van der Waals surface area contributed by atoms with E-state index in [4.69, 9.17) is 25.8 Å². The molecule has 240 valence electrons. The van der Waals surface area contributed by atoms with Crippen molar-refractivity contribution in [1.82, 2.24) is 19.7 Å². The molecule has 13 heteroatoms. The summed E-state index contributed by atoms with van der Waals surface area (Å²) in [5, 5.41) is 8.57. The zero-order valence-corrected chi connectivity index (χ0v) is 27.6. The monoisotopic (exact) mass is 646 g/mol. The molecule has 12 nitrogen and oxygen atoms in total. The highest BCUT2D eigenvalue weighted by atomic mass is 35.5. The number of methoxy groups -OCH3 is 1. The Hall–Kier alpha value is -4.71. The van der Waals surface area contributed by atoms with Gasteiger partial charge in [0.15, 0.2) is 11.6 Å². The SMILES string of the molecule is COc1ccc2c(c1)[C@]1(C[C@H]1c1ccc3c(Nc4nc(C)ncc4Cl)nn(C(=O)OC(C)(C)C)c3c1)C(=O)N2C(=O)OC(C)(C)C. The number of fused-ring (bicyclic) bond motifs is 3. The number of hydrogen-bond acceptors (Lipinski definition) is 10. The maximum atomic E-state index is 14.2. The minimum Gasteiger partial charge on any atom is -0.497 e. The lowest BCUT2D eigenvalue weighted by Crippen LogP contribution is -2.41. The summed E-state index contributed by atoms with van der Waals surface area (Å²) in [7, 11) is 1.55. The Bertz CT molecular complexity index is 1930. The number of nitrogens with zero attached hydrogens (tertiary/aromatic N) is 5. The van der Waals surface area contributed by atoms with E-state index in [2.05, 4.69) is 20.4 Å². The molecule has 1 fully saturated rings. The van der Waals surface area contributed by atoms with Crippen LogP contribution in [0.3, 0.4) is 0 Å². The van der Waals surface area contributed by atoms with E-state index >= 15 is 0 Å². The van der Waals surface area contributed by atoms with Crippen LogP contribution in [0, 0.1) is 6.92 Å². The molecule has 1 aliphatic heterocycles. The van der Waals surface area contributed by atoms with Gasteiger partial charge in [0.1, 0.15) is 27.8 Å². The Morgan fingerprint density at radius 1 is 1.00 bits per heavy atom. The lowest BCUT2D eigenvalue weighted by Gasteiger charge is -2.24. The van der Waals surface area contributed by atoms with Gasteiger partial charge in [-0.05, 0) is 96.3 Å². The van der Waals surface area contributed by atoms with Gasteiger partial charge >= 0.3 is 12.2 Å². The van der Waals surface area contributed by atoms with E-state index in [1.54, 1.807) is 73.8 Å². The van der Waals surface area contributed by atoms with E-state index in [0.717, 1.165) is 10.5 Å². The van der Waals surface area contributed by atoms with E-state index in [9.17, 15) is 14.4 Å². The molecule has 1 saturated carbocycles. The average Bonchev–Trinajstić information content (AvgIpc) is 3.54. The lowest BCUT2D eigenvalue weighted by atomic mass is 9.91. The Morgan fingerprint density at radius 2 is 1.70 bits per heavy atom. The van der Waals surface area contributed by atoms with Gasteiger partial charge in [-0.25, -0.2) is 24.5 Å². The summed E-state index contributed by atoms with van der Waals surface area (Å²) < 4.78 is 18.0. The molecule has 3 heterocycles. The highest BCUT2D eigenvalue weighted by molar-refractivity contribution is 6.33. The highest BCUT2D eigenvalue weighted by Gasteiger charge is 2.68. The summed E-state index contributed by atoms with van der Waals surface area (Å²) in [5.41, 5.74) is -0.202. The number of amides is 2. The zero-order valence-electron chi connectivity index (χ0n) is 26.9. The molecule has 4 aromatic rings. The average molecular weight is 647 g/mol. The Morgan fingerprint density at radius 3 is 2.37 bits per heavy atom. The quantitative estimate of drug-likeness (QED) is 0.246. The van der Waals surface area contributed by atoms with Crippen LogP contribution in [0.1, 0.15) is 70.8 Å². The molecule has 2 aliphatic rings. The molecule has 0 radical (unpaired) electrons. The number of aromatic nitrogens is 4. The summed E-state index contributed by atoms with van der Waals surface area (Å²) in [6, 6.07) is 10.8. The van der Waals surface area contributed by atoms with Crippen molar-refractivity contribution in [3.8, 4) is 5.75 Å². The molecule has 0 unspecified atom stereocenters. The van der Waals surface area contributed by atoms with E-state index in [1.807, 2.05) is 18.2 Å². The van der Waals surface area contributed by atoms with Crippen LogP contribution in [0.15, 0.2) is 42.6 Å². The first-order valence-electron chi connectivity index (χ1n) is 14.8. The molecule has 1 N–H and O–H groups in total. The Labute approximate surface area is 271 Å². The molecule has 6 rings (SSSR count). The van der Waals surface area contributed by atoms with Gasteiger partial charge in [-0.2, -0.15) is 4.68 Å². The standard InChI is InChI=1S/C33H35ClN6O6/c1-17-35-16-23(34)27(36-17)37-26-20-11-9-18(13-25(20)40(38-26)30(43)46-32(5,6)7)22-15-33(22)21-14-19(44-8)10-12-24(21)39(28(33)41)29(42)45-31(2,3)4/h9-14,16,22H,15H2,1-8H3,(H,35,36,37,38)/t22-,33-/m0/s1. The molecular formula is C33H35ClN6O6. The normalized spacial score (nSPS) is 18.9. The molecular weight excluding hydrogens is 612 g/mol. The molecule has 2 amide bonds. The fourth-order valence-electron chi connectivity index (χ4n) is 5.85. The van der Waals surface area contributed by atoms with Gasteiger partial charge in [0, 0.05) is 11.3 Å². The summed E-state index contributed by atoms with van der Waals surface area (Å²) in [6.07, 6.45) is 0.509. The van der Waals surface area contributed by atoms with Crippen LogP contribution in [-0.4, -0.2) is 56.2 Å². The maximum Gasteiger partial charge on any atom is 0.435 e. The number of rotatable bonds is 4. The van der Waals surface area contributed by atoms with E-state index < -0.39 is 28.8 Å². The predicted octanol–water partition coefficient (Wildman–Crippen LogP) is 7.03. The number of anilines is 3. The third kappa shape index (κ3) is 5.40. The van der Waals surface area contributed by atoms with Crippen LogP contribution < -0.4 is 15.0 Å². The zero-order chi connectivity index (χ0) is 33.3. The summed E-state index contributed by atoms with van der Waals surface area (Å²) in [5.74, 6) is 1.06. The third-order valence-electron chi connectivity index (χ3n) is 7.82. The van der Waals surface area contributed by atoms with Gasteiger partial charge in [-0.15, -0.1) is 5.10 Å². The van der Waals surface area contributed by atoms with Crippen molar-refractivity contribution in [3.63, 3.8) is 0 Å². The molecule has 1 spiro atoms. The highest BCUT2D eigenvalue weighted by Crippen LogP contribution is 2.67. The number of hydrogen-bond donors (Lipinski definition) is 1. The van der Waals surface area contributed by atoms with Gasteiger partial charge < -0.3 is 19.5 Å². The van der Waals surface area contributed by atoms with E-state index in [1.165, 1.54) is 10.9 Å². The van der Waals surface area contributed by atoms with Gasteiger partial charge in [-0.1, -0.05) is 17.7 Å². The molecule has 0 bridgehead atoms. The van der Waals surface area contributed by atoms with Crippen molar-refractivity contribution in [3.05, 3.63) is 64.6 Å². The third-order valence-corrected chi connectivity index (χ3v) is 8.10. The van der Waals surface area contributed by atoms with Crippen LogP contribution in [-0.2, 0) is 19.7 Å². The first kappa shape index (κ1) is 31.3. The fourth-order valence-corrected chi connectivity index (χ4v) is 5.99. The molecule has 2 aromatic heterocycles. The number of carbonyl (C=O) groups excluding carboxylic acids is 3. The second-order valence-electron chi connectivity index (χ2n) is 13.5. The minimum absolute atomic E-state index is 0.283. The molecule has 2 atom stereocenters. The lowest BCUT2D eigenvalue weighted by molar-refractivity contribution is -0.120. The summed E-state index contributed by atoms with van der Waals surface area (Å²) in [6.45, 7) is 12.3. The van der Waals surface area contributed by atoms with Crippen molar-refractivity contribution in [2.45, 2.75) is 77.4 Å². The van der Waals surface area contributed by atoms with Crippen LogP contribution in [0.25, 0.3) is 10.9 Å². The van der Waals surface area contributed by atoms with Gasteiger partial charge in [-0.3, -0.25) is 4.79 Å². The van der Waals surface area contributed by atoms with Gasteiger partial charge in [0.2, 0.25) is 5.91 Å². The van der Waals surface area contributed by atoms with Crippen molar-refractivity contribution < 1.29 is 28.6 Å². The number of halogens is 1. The second-order valence-corrected chi connectivity index (χ2v) is 13.9. The van der Waals surface area contributed by atoms with Crippen LogP contribution in [0.4, 0.5) is 26.9 Å². The smallest absolute Gasteiger partial charge is 0.435 e. The Balaban J connectivity index is 1.44. The summed E-state index contributed by atoms with van der Waals surface area (Å²) in [4.78, 5) is 50.5. The van der Waals surface area contributed by atoms with Crippen LogP contribution >= 0.6 is 11.6 Å². The fraction of sp³-hybridized carbons (Fsp3) is 0.394. The number of aryl methyl sites for hydroxylation is 1. The molecule has 1 aliphatic carbocycles. The first-order valence-corrected chi connectivity index (χ1v) is 15.2. The first-order chi connectivity index (χ1) is 21.5. The number of nitrogens with one attached hydrogen (secondary N) is 1. The topological polar surface area (TPSA) is 138 Å². The van der Waals surface area contributed by atoms with Crippen molar-refractivity contribution in [1.29, 1.82) is 0 Å². The maximum absolute atomic E-state index is 14.2. The van der Waals surface area contributed by atoms with Crippen molar-refractivity contribution in [2.75, 3.05) is 17.3 Å². The van der Waals surface area contributed by atoms with Gasteiger partial charge in [0.05, 0.1) is 29.9 Å². The molecule has 0 saturated heterocycles. The molecule has 2 aromatic carbocycles. The Kier molecular flexibility index (Phi) is 7.27.